The summed E-state index contributed by atoms with van der Waals surface area (Å²) in [7, 11) is 0. The molecule has 0 unspecified atom stereocenters. The number of hydrogen-bond donors (Lipinski definition) is 1. The molecule has 3 nitrogen and oxygen atoms in total. The van der Waals surface area contributed by atoms with E-state index in [0.717, 1.165) is 18.5 Å². The van der Waals surface area contributed by atoms with Crippen LogP contribution in [0.4, 0.5) is 13.2 Å². The van der Waals surface area contributed by atoms with Crippen molar-refractivity contribution in [2.24, 2.45) is 0 Å². The van der Waals surface area contributed by atoms with Crippen LogP contribution in [0, 0.1) is 4.64 Å². The molecule has 94 valence electrons. The van der Waals surface area contributed by atoms with E-state index < -0.39 is 12.8 Å². The van der Waals surface area contributed by atoms with Crippen LogP contribution in [-0.2, 0) is 11.3 Å². The van der Waals surface area contributed by atoms with Gasteiger partial charge >= 0.3 is 6.18 Å². The molecule has 1 aromatic rings. The highest BCUT2D eigenvalue weighted by atomic mass is 32.1. The first-order chi connectivity index (χ1) is 7.94. The fourth-order valence-corrected chi connectivity index (χ4v) is 1.71. The molecule has 7 heteroatoms. The van der Waals surface area contributed by atoms with E-state index in [1.165, 1.54) is 0 Å². The van der Waals surface area contributed by atoms with Crippen molar-refractivity contribution in [2.75, 3.05) is 6.61 Å². The summed E-state index contributed by atoms with van der Waals surface area (Å²) in [6.07, 6.45) is -2.15. The summed E-state index contributed by atoms with van der Waals surface area (Å²) in [6, 6.07) is 1.75. The van der Waals surface area contributed by atoms with Gasteiger partial charge in [-0.2, -0.15) is 13.2 Å². The van der Waals surface area contributed by atoms with Crippen LogP contribution in [0.5, 0.6) is 0 Å². The molecule has 0 aromatic carbocycles. The lowest BCUT2D eigenvalue weighted by molar-refractivity contribution is -0.177. The number of alkyl halides is 3. The van der Waals surface area contributed by atoms with Crippen LogP contribution in [0.1, 0.15) is 30.3 Å². The fraction of sp³-hybridized carbons (Fsp3) is 0.600. The summed E-state index contributed by atoms with van der Waals surface area (Å²) in [5.74, 6) is 0.796. The molecule has 1 heterocycles. The van der Waals surface area contributed by atoms with E-state index in [-0.39, 0.29) is 6.61 Å². The third kappa shape index (κ3) is 4.08. The molecule has 0 aliphatic heterocycles. The van der Waals surface area contributed by atoms with Crippen LogP contribution < -0.4 is 0 Å². The molecule has 2 rings (SSSR count). The second-order valence-corrected chi connectivity index (χ2v) is 4.42. The van der Waals surface area contributed by atoms with E-state index in [0.29, 0.717) is 16.4 Å². The zero-order chi connectivity index (χ0) is 12.5. The van der Waals surface area contributed by atoms with E-state index in [1.54, 1.807) is 6.07 Å². The third-order valence-electron chi connectivity index (χ3n) is 2.33. The van der Waals surface area contributed by atoms with E-state index in [2.05, 4.69) is 14.7 Å². The van der Waals surface area contributed by atoms with Crippen LogP contribution in [-0.4, -0.2) is 22.8 Å². The molecule has 0 bridgehead atoms. The van der Waals surface area contributed by atoms with E-state index in [1.807, 2.05) is 0 Å². The lowest BCUT2D eigenvalue weighted by atomic mass is 10.3. The minimum atomic E-state index is -4.31. The summed E-state index contributed by atoms with van der Waals surface area (Å²) >= 11 is 4.95. The van der Waals surface area contributed by atoms with Crippen molar-refractivity contribution in [3.63, 3.8) is 0 Å². The van der Waals surface area contributed by atoms with Crippen molar-refractivity contribution in [2.45, 2.75) is 31.5 Å². The Kier molecular flexibility index (Phi) is 3.48. The molecule has 1 aliphatic carbocycles. The standard InChI is InChI=1S/C10H11F3N2OS/c11-10(12,13)5-16-4-8-14-7(6-1-2-6)3-9(17)15-8/h3,6H,1-2,4-5H2,(H,14,15,17). The number of nitrogens with zero attached hydrogens (tertiary/aromatic N) is 1. The highest BCUT2D eigenvalue weighted by molar-refractivity contribution is 7.71. The molecule has 1 aromatic heterocycles. The summed E-state index contributed by atoms with van der Waals surface area (Å²) in [5, 5.41) is 0. The highest BCUT2D eigenvalue weighted by Crippen LogP contribution is 2.38. The van der Waals surface area contributed by atoms with Crippen molar-refractivity contribution in [1.82, 2.24) is 9.97 Å². The minimum absolute atomic E-state index is 0.205. The van der Waals surface area contributed by atoms with Gasteiger partial charge in [-0.3, -0.25) is 0 Å². The average Bonchev–Trinajstić information content (AvgIpc) is 2.97. The monoisotopic (exact) mass is 264 g/mol. The summed E-state index contributed by atoms with van der Waals surface area (Å²) in [5.41, 5.74) is 0.940. The molecule has 1 aliphatic rings. The molecule has 0 spiro atoms. The van der Waals surface area contributed by atoms with Crippen LogP contribution >= 0.6 is 12.2 Å². The van der Waals surface area contributed by atoms with Crippen molar-refractivity contribution in [1.29, 1.82) is 0 Å². The number of rotatable bonds is 4. The van der Waals surface area contributed by atoms with Gasteiger partial charge in [-0.05, 0) is 24.8 Å². The maximum atomic E-state index is 11.9. The van der Waals surface area contributed by atoms with Gasteiger partial charge in [0.25, 0.3) is 0 Å². The molecule has 0 amide bonds. The Morgan fingerprint density at radius 3 is 2.76 bits per heavy atom. The number of ether oxygens (including phenoxy) is 1. The van der Waals surface area contributed by atoms with Gasteiger partial charge in [0.15, 0.2) is 0 Å². The normalized spacial score (nSPS) is 16.2. The molecule has 0 saturated heterocycles. The second-order valence-electron chi connectivity index (χ2n) is 4.00. The first-order valence-electron chi connectivity index (χ1n) is 5.19. The van der Waals surface area contributed by atoms with Gasteiger partial charge in [0.05, 0.1) is 0 Å². The van der Waals surface area contributed by atoms with Gasteiger partial charge in [-0.15, -0.1) is 0 Å². The van der Waals surface area contributed by atoms with Gasteiger partial charge in [0, 0.05) is 5.69 Å². The highest BCUT2D eigenvalue weighted by Gasteiger charge is 2.28. The number of aromatic nitrogens is 2. The zero-order valence-electron chi connectivity index (χ0n) is 8.88. The molecule has 1 saturated carbocycles. The SMILES string of the molecule is FC(F)(F)COCc1nc(=S)cc(C2CC2)[nH]1. The predicted molar refractivity (Wildman–Crippen MR) is 57.1 cm³/mol. The first-order valence-corrected chi connectivity index (χ1v) is 5.59. The minimum Gasteiger partial charge on any atom is -0.364 e. The lowest BCUT2D eigenvalue weighted by Crippen LogP contribution is -2.17. The maximum Gasteiger partial charge on any atom is 0.411 e. The Morgan fingerprint density at radius 2 is 2.18 bits per heavy atom. The Balaban J connectivity index is 1.98. The van der Waals surface area contributed by atoms with Crippen LogP contribution in [0.25, 0.3) is 0 Å². The number of halogens is 3. The van der Waals surface area contributed by atoms with E-state index in [9.17, 15) is 13.2 Å². The average molecular weight is 264 g/mol. The van der Waals surface area contributed by atoms with Gasteiger partial charge in [-0.25, -0.2) is 4.98 Å². The quantitative estimate of drug-likeness (QED) is 0.849. The number of aromatic amines is 1. The van der Waals surface area contributed by atoms with Crippen molar-refractivity contribution < 1.29 is 17.9 Å². The number of hydrogen-bond acceptors (Lipinski definition) is 3. The molecule has 17 heavy (non-hydrogen) atoms. The smallest absolute Gasteiger partial charge is 0.364 e. The zero-order valence-corrected chi connectivity index (χ0v) is 9.70. The maximum absolute atomic E-state index is 11.9. The topological polar surface area (TPSA) is 37.9 Å². The van der Waals surface area contributed by atoms with Gasteiger partial charge in [-0.1, -0.05) is 12.2 Å². The molecular weight excluding hydrogens is 253 g/mol. The van der Waals surface area contributed by atoms with E-state index >= 15 is 0 Å². The van der Waals surface area contributed by atoms with Gasteiger partial charge in [0.2, 0.25) is 0 Å². The molecular formula is C10H11F3N2OS. The number of H-pyrrole nitrogens is 1. The molecule has 1 N–H and O–H groups in total. The van der Waals surface area contributed by atoms with Crippen molar-refractivity contribution >= 4 is 12.2 Å². The molecule has 0 atom stereocenters. The molecule has 0 radical (unpaired) electrons. The van der Waals surface area contributed by atoms with E-state index in [4.69, 9.17) is 12.2 Å². The van der Waals surface area contributed by atoms with Crippen LogP contribution in [0.3, 0.4) is 0 Å². The largest absolute Gasteiger partial charge is 0.411 e. The Morgan fingerprint density at radius 1 is 1.47 bits per heavy atom. The van der Waals surface area contributed by atoms with Crippen LogP contribution in [0.15, 0.2) is 6.07 Å². The first kappa shape index (κ1) is 12.5. The lowest BCUT2D eigenvalue weighted by Gasteiger charge is -2.08. The number of nitrogens with one attached hydrogen (secondary N) is 1. The van der Waals surface area contributed by atoms with Gasteiger partial charge in [0.1, 0.15) is 23.7 Å². The third-order valence-corrected chi connectivity index (χ3v) is 2.54. The molecule has 1 fully saturated rings. The summed E-state index contributed by atoms with van der Waals surface area (Å²) in [4.78, 5) is 6.89. The summed E-state index contributed by atoms with van der Waals surface area (Å²) in [6.45, 7) is -1.48. The van der Waals surface area contributed by atoms with Crippen molar-refractivity contribution in [3.8, 4) is 0 Å². The Hall–Kier alpha value is -0.950. The predicted octanol–water partition coefficient (Wildman–Crippen LogP) is 3.10. The summed E-state index contributed by atoms with van der Waals surface area (Å²) < 4.78 is 40.6. The Labute approximate surface area is 101 Å². The fourth-order valence-electron chi connectivity index (χ4n) is 1.48. The van der Waals surface area contributed by atoms with Crippen molar-refractivity contribution in [3.05, 3.63) is 22.2 Å². The second kappa shape index (κ2) is 4.73. The van der Waals surface area contributed by atoms with Gasteiger partial charge < -0.3 is 9.72 Å². The Bertz CT molecular complexity index is 454. The van der Waals surface area contributed by atoms with Crippen LogP contribution in [0.2, 0.25) is 0 Å².